The van der Waals surface area contributed by atoms with Crippen LogP contribution in [0.2, 0.25) is 0 Å². The lowest BCUT2D eigenvalue weighted by atomic mass is 10.1. The number of carbonyl (C=O) groups excluding carboxylic acids is 1. The van der Waals surface area contributed by atoms with E-state index in [0.717, 1.165) is 49.4 Å². The third-order valence-electron chi connectivity index (χ3n) is 4.91. The number of rotatable bonds is 7. The van der Waals surface area contributed by atoms with Crippen LogP contribution in [0.1, 0.15) is 48.2 Å². The number of nitrogens with one attached hydrogen (secondary N) is 2. The number of thiophene rings is 1. The predicted molar refractivity (Wildman–Crippen MR) is 112 cm³/mol. The summed E-state index contributed by atoms with van der Waals surface area (Å²) in [4.78, 5) is 20.6. The molecule has 0 spiro atoms. The first-order valence-corrected chi connectivity index (χ1v) is 10.9. The van der Waals surface area contributed by atoms with Crippen molar-refractivity contribution in [3.05, 3.63) is 38.9 Å². The average Bonchev–Trinajstić information content (AvgIpc) is 3.35. The largest absolute Gasteiger partial charge is 0.361 e. The fourth-order valence-corrected chi connectivity index (χ4v) is 4.24. The van der Waals surface area contributed by atoms with Crippen LogP contribution >= 0.6 is 11.3 Å². The SMILES string of the molecule is CCNC(=NCc1c(CC)noc1CC)NCC(=O)N1CCc2sccc2C1. The highest BCUT2D eigenvalue weighted by Crippen LogP contribution is 2.23. The molecule has 0 fully saturated rings. The minimum absolute atomic E-state index is 0.0934. The van der Waals surface area contributed by atoms with Crippen molar-refractivity contribution in [2.75, 3.05) is 19.6 Å². The van der Waals surface area contributed by atoms with E-state index in [1.807, 2.05) is 18.7 Å². The average molecular weight is 404 g/mol. The molecule has 0 saturated heterocycles. The normalized spacial score (nSPS) is 14.1. The summed E-state index contributed by atoms with van der Waals surface area (Å²) < 4.78 is 5.41. The Bertz CT molecular complexity index is 805. The highest BCUT2D eigenvalue weighted by Gasteiger charge is 2.21. The molecule has 0 bridgehead atoms. The molecule has 0 radical (unpaired) electrons. The number of nitrogens with zero attached hydrogens (tertiary/aromatic N) is 3. The molecule has 0 aromatic carbocycles. The number of fused-ring (bicyclic) bond motifs is 1. The fourth-order valence-electron chi connectivity index (χ4n) is 3.35. The van der Waals surface area contributed by atoms with Gasteiger partial charge in [-0.3, -0.25) is 4.79 Å². The van der Waals surface area contributed by atoms with Gasteiger partial charge in [0.2, 0.25) is 5.91 Å². The van der Waals surface area contributed by atoms with Gasteiger partial charge in [0.1, 0.15) is 5.76 Å². The number of guanidine groups is 1. The second kappa shape index (κ2) is 9.73. The quantitative estimate of drug-likeness (QED) is 0.548. The minimum atomic E-state index is 0.0934. The molecule has 2 aromatic rings. The van der Waals surface area contributed by atoms with E-state index < -0.39 is 0 Å². The zero-order chi connectivity index (χ0) is 19.9. The van der Waals surface area contributed by atoms with Crippen LogP contribution in [0.15, 0.2) is 21.0 Å². The summed E-state index contributed by atoms with van der Waals surface area (Å²) >= 11 is 1.78. The van der Waals surface area contributed by atoms with Gasteiger partial charge in [0.15, 0.2) is 5.96 Å². The van der Waals surface area contributed by atoms with E-state index in [1.54, 1.807) is 11.3 Å². The highest BCUT2D eigenvalue weighted by atomic mass is 32.1. The molecule has 0 saturated carbocycles. The second-order valence-electron chi connectivity index (χ2n) is 6.72. The molecule has 0 unspecified atom stereocenters. The van der Waals surface area contributed by atoms with Crippen LogP contribution < -0.4 is 10.6 Å². The van der Waals surface area contributed by atoms with Crippen LogP contribution in [-0.4, -0.2) is 41.6 Å². The summed E-state index contributed by atoms with van der Waals surface area (Å²) in [5.41, 5.74) is 3.28. The Morgan fingerprint density at radius 2 is 2.18 bits per heavy atom. The van der Waals surface area contributed by atoms with Crippen molar-refractivity contribution in [1.29, 1.82) is 0 Å². The van der Waals surface area contributed by atoms with Crippen LogP contribution in [0.4, 0.5) is 0 Å². The molecule has 0 atom stereocenters. The number of aromatic nitrogens is 1. The first kappa shape index (κ1) is 20.4. The number of amides is 1. The van der Waals surface area contributed by atoms with Crippen LogP contribution in [0.3, 0.4) is 0 Å². The van der Waals surface area contributed by atoms with Gasteiger partial charge in [-0.25, -0.2) is 4.99 Å². The van der Waals surface area contributed by atoms with Crippen LogP contribution in [0.5, 0.6) is 0 Å². The first-order chi connectivity index (χ1) is 13.7. The molecule has 8 heteroatoms. The van der Waals surface area contributed by atoms with Gasteiger partial charge >= 0.3 is 0 Å². The summed E-state index contributed by atoms with van der Waals surface area (Å²) in [6, 6.07) is 2.12. The first-order valence-electron chi connectivity index (χ1n) is 9.97. The number of hydrogen-bond donors (Lipinski definition) is 2. The van der Waals surface area contributed by atoms with E-state index in [2.05, 4.69) is 39.2 Å². The van der Waals surface area contributed by atoms with Crippen molar-refractivity contribution < 1.29 is 9.32 Å². The Morgan fingerprint density at radius 3 is 2.93 bits per heavy atom. The summed E-state index contributed by atoms with van der Waals surface area (Å²) in [6.07, 6.45) is 2.55. The van der Waals surface area contributed by atoms with Gasteiger partial charge in [-0.05, 0) is 36.8 Å². The molecule has 152 valence electrons. The maximum atomic E-state index is 12.6. The number of aliphatic imine (C=N–C) groups is 1. The Kier molecular flexibility index (Phi) is 7.08. The van der Waals surface area contributed by atoms with Crippen molar-refractivity contribution in [3.63, 3.8) is 0 Å². The topological polar surface area (TPSA) is 82.8 Å². The van der Waals surface area contributed by atoms with Gasteiger partial charge in [0.25, 0.3) is 0 Å². The van der Waals surface area contributed by atoms with Gasteiger partial charge in [-0.2, -0.15) is 0 Å². The molecular weight excluding hydrogens is 374 g/mol. The predicted octanol–water partition coefficient (Wildman–Crippen LogP) is 2.50. The zero-order valence-electron chi connectivity index (χ0n) is 16.9. The fraction of sp³-hybridized carbons (Fsp3) is 0.550. The molecule has 2 aromatic heterocycles. The molecular formula is C20H29N5O2S. The van der Waals surface area contributed by atoms with E-state index in [1.165, 1.54) is 10.4 Å². The minimum Gasteiger partial charge on any atom is -0.361 e. The molecule has 1 amide bonds. The van der Waals surface area contributed by atoms with Crippen molar-refractivity contribution in [3.8, 4) is 0 Å². The van der Waals surface area contributed by atoms with E-state index in [0.29, 0.717) is 19.0 Å². The van der Waals surface area contributed by atoms with Crippen LogP contribution in [0, 0.1) is 0 Å². The maximum Gasteiger partial charge on any atom is 0.242 e. The van der Waals surface area contributed by atoms with Gasteiger partial charge in [0, 0.05) is 36.5 Å². The van der Waals surface area contributed by atoms with E-state index in [4.69, 9.17) is 4.52 Å². The van der Waals surface area contributed by atoms with Gasteiger partial charge in [-0.1, -0.05) is 19.0 Å². The van der Waals surface area contributed by atoms with Gasteiger partial charge < -0.3 is 20.1 Å². The third-order valence-corrected chi connectivity index (χ3v) is 5.94. The van der Waals surface area contributed by atoms with E-state index >= 15 is 0 Å². The third kappa shape index (κ3) is 4.73. The van der Waals surface area contributed by atoms with E-state index in [-0.39, 0.29) is 12.5 Å². The van der Waals surface area contributed by atoms with Crippen molar-refractivity contribution in [2.45, 2.75) is 53.1 Å². The van der Waals surface area contributed by atoms with Crippen molar-refractivity contribution >= 4 is 23.2 Å². The van der Waals surface area contributed by atoms with Gasteiger partial charge in [0.05, 0.1) is 18.8 Å². The Labute approximate surface area is 170 Å². The monoisotopic (exact) mass is 403 g/mol. The smallest absolute Gasteiger partial charge is 0.242 e. The molecule has 3 heterocycles. The van der Waals surface area contributed by atoms with Crippen LogP contribution in [-0.2, 0) is 37.1 Å². The molecule has 7 nitrogen and oxygen atoms in total. The van der Waals surface area contributed by atoms with Crippen LogP contribution in [0.25, 0.3) is 0 Å². The highest BCUT2D eigenvalue weighted by molar-refractivity contribution is 7.10. The Hall–Kier alpha value is -2.35. The van der Waals surface area contributed by atoms with Gasteiger partial charge in [-0.15, -0.1) is 11.3 Å². The van der Waals surface area contributed by atoms with Crippen molar-refractivity contribution in [1.82, 2.24) is 20.7 Å². The second-order valence-corrected chi connectivity index (χ2v) is 7.72. The summed E-state index contributed by atoms with van der Waals surface area (Å²) in [5.74, 6) is 1.61. The standard InChI is InChI=1S/C20H29N5O2S/c1-4-16-15(17(5-2)27-24-16)11-22-20(21-6-3)23-12-19(26)25-9-7-18-14(13-25)8-10-28-18/h8,10H,4-7,9,11-13H2,1-3H3,(H2,21,22,23). The maximum absolute atomic E-state index is 12.6. The summed E-state index contributed by atoms with van der Waals surface area (Å²) in [7, 11) is 0. The molecule has 28 heavy (non-hydrogen) atoms. The number of aryl methyl sites for hydroxylation is 2. The summed E-state index contributed by atoms with van der Waals surface area (Å²) in [5, 5.41) is 12.6. The molecule has 3 rings (SSSR count). The van der Waals surface area contributed by atoms with E-state index in [9.17, 15) is 4.79 Å². The number of hydrogen-bond acceptors (Lipinski definition) is 5. The zero-order valence-corrected chi connectivity index (χ0v) is 17.7. The lowest BCUT2D eigenvalue weighted by Crippen LogP contribution is -2.45. The Balaban J connectivity index is 1.59. The molecule has 1 aliphatic heterocycles. The number of carbonyl (C=O) groups is 1. The summed E-state index contributed by atoms with van der Waals surface area (Å²) in [6.45, 7) is 9.05. The molecule has 2 N–H and O–H groups in total. The van der Waals surface area contributed by atoms with Crippen molar-refractivity contribution in [2.24, 2.45) is 4.99 Å². The Morgan fingerprint density at radius 1 is 1.32 bits per heavy atom. The lowest BCUT2D eigenvalue weighted by molar-refractivity contribution is -0.130. The lowest BCUT2D eigenvalue weighted by Gasteiger charge is -2.27. The molecule has 0 aliphatic carbocycles. The molecule has 1 aliphatic rings.